The van der Waals surface area contributed by atoms with Gasteiger partial charge in [-0.1, -0.05) is 31.2 Å². The molecule has 0 saturated carbocycles. The first-order valence-electron chi connectivity index (χ1n) is 9.43. The Morgan fingerprint density at radius 2 is 1.21 bits per heavy atom. The van der Waals surface area contributed by atoms with Gasteiger partial charge in [0.05, 0.1) is 5.69 Å². The average molecular weight is 382 g/mol. The molecule has 28 heavy (non-hydrogen) atoms. The molecule has 1 aromatic carbocycles. The zero-order valence-corrected chi connectivity index (χ0v) is 18.7. The standard InChI is InChI=1S/C9H12.C8H11N.C7H12N2.CH4/c1-7-4-5-8(2)9(3)6-7;1-6-4-7(2)9-8(3)5-6;1-5-6(2)8-9(4)7(5)3;/h4-6H,1-3H3;4-5H,1-3H3;1-4H3;1H4. The molecule has 0 bridgehead atoms. The normalized spacial score (nSPS) is 9.50. The average Bonchev–Trinajstić information content (AvgIpc) is 2.77. The van der Waals surface area contributed by atoms with E-state index in [9.17, 15) is 0 Å². The van der Waals surface area contributed by atoms with E-state index in [1.165, 1.54) is 33.5 Å². The monoisotopic (exact) mass is 381 g/mol. The molecule has 0 aliphatic carbocycles. The van der Waals surface area contributed by atoms with E-state index in [2.05, 4.69) is 82.0 Å². The van der Waals surface area contributed by atoms with Crippen LogP contribution < -0.4 is 0 Å². The fourth-order valence-electron chi connectivity index (χ4n) is 2.81. The van der Waals surface area contributed by atoms with Gasteiger partial charge in [0.25, 0.3) is 0 Å². The molecule has 0 amide bonds. The maximum atomic E-state index is 4.23. The van der Waals surface area contributed by atoms with Crippen LogP contribution in [0.25, 0.3) is 0 Å². The Morgan fingerprint density at radius 3 is 1.50 bits per heavy atom. The number of benzene rings is 1. The van der Waals surface area contributed by atoms with Crippen LogP contribution in [0.4, 0.5) is 0 Å². The minimum Gasteiger partial charge on any atom is -0.272 e. The molecule has 3 heteroatoms. The van der Waals surface area contributed by atoms with Crippen LogP contribution in [-0.4, -0.2) is 14.8 Å². The molecule has 0 radical (unpaired) electrons. The van der Waals surface area contributed by atoms with Gasteiger partial charge >= 0.3 is 0 Å². The highest BCUT2D eigenvalue weighted by atomic mass is 15.3. The summed E-state index contributed by atoms with van der Waals surface area (Å²) in [5, 5.41) is 4.23. The number of hydrogen-bond donors (Lipinski definition) is 0. The molecule has 3 nitrogen and oxygen atoms in total. The van der Waals surface area contributed by atoms with E-state index in [0.29, 0.717) is 0 Å². The molecule has 0 aliphatic heterocycles. The Hall–Kier alpha value is -2.42. The van der Waals surface area contributed by atoms with Crippen molar-refractivity contribution in [3.63, 3.8) is 0 Å². The largest absolute Gasteiger partial charge is 0.272 e. The molecule has 0 fully saturated rings. The SMILES string of the molecule is C.Cc1cc(C)nc(C)c1.Cc1ccc(C)c(C)c1.Cc1nn(C)c(C)c1C. The van der Waals surface area contributed by atoms with Gasteiger partial charge in [-0.3, -0.25) is 9.67 Å². The van der Waals surface area contributed by atoms with Gasteiger partial charge in [0.2, 0.25) is 0 Å². The lowest BCUT2D eigenvalue weighted by molar-refractivity contribution is 0.730. The van der Waals surface area contributed by atoms with Crippen LogP contribution in [0.1, 0.15) is 58.0 Å². The summed E-state index contributed by atoms with van der Waals surface area (Å²) in [6, 6.07) is 10.7. The van der Waals surface area contributed by atoms with Gasteiger partial charge in [0.1, 0.15) is 0 Å². The van der Waals surface area contributed by atoms with Gasteiger partial charge in [-0.05, 0) is 96.7 Å². The van der Waals surface area contributed by atoms with Crippen molar-refractivity contribution >= 4 is 0 Å². The van der Waals surface area contributed by atoms with E-state index < -0.39 is 0 Å². The lowest BCUT2D eigenvalue weighted by atomic mass is 10.1. The molecule has 0 spiro atoms. The Morgan fingerprint density at radius 1 is 0.679 bits per heavy atom. The first-order chi connectivity index (χ1) is 12.5. The number of aryl methyl sites for hydroxylation is 8. The molecule has 0 N–H and O–H groups in total. The molecule has 0 aliphatic rings. The molecule has 154 valence electrons. The fourth-order valence-corrected chi connectivity index (χ4v) is 2.81. The molecule has 2 heterocycles. The number of rotatable bonds is 0. The third-order valence-corrected chi connectivity index (χ3v) is 4.76. The van der Waals surface area contributed by atoms with Crippen molar-refractivity contribution < 1.29 is 0 Å². The Labute approximate surface area is 172 Å². The minimum absolute atomic E-state index is 0. The van der Waals surface area contributed by atoms with Gasteiger partial charge in [-0.15, -0.1) is 0 Å². The fraction of sp³-hybridized carbons (Fsp3) is 0.440. The Balaban J connectivity index is 0.000000384. The van der Waals surface area contributed by atoms with Gasteiger partial charge in [-0.2, -0.15) is 5.10 Å². The van der Waals surface area contributed by atoms with Crippen molar-refractivity contribution in [3.8, 4) is 0 Å². The first-order valence-corrected chi connectivity index (χ1v) is 9.43. The molecule has 0 unspecified atom stereocenters. The maximum absolute atomic E-state index is 4.23. The summed E-state index contributed by atoms with van der Waals surface area (Å²) in [4.78, 5) is 4.23. The molecule has 0 saturated heterocycles. The van der Waals surface area contributed by atoms with Crippen LogP contribution in [0.5, 0.6) is 0 Å². The van der Waals surface area contributed by atoms with Crippen molar-refractivity contribution in [2.24, 2.45) is 7.05 Å². The molecule has 0 atom stereocenters. The zero-order chi connectivity index (χ0) is 20.7. The van der Waals surface area contributed by atoms with Crippen LogP contribution >= 0.6 is 0 Å². The zero-order valence-electron chi connectivity index (χ0n) is 18.7. The van der Waals surface area contributed by atoms with Gasteiger partial charge in [-0.25, -0.2) is 0 Å². The number of nitrogens with zero attached hydrogens (tertiary/aromatic N) is 3. The topological polar surface area (TPSA) is 30.7 Å². The highest BCUT2D eigenvalue weighted by Crippen LogP contribution is 2.08. The second-order valence-electron chi connectivity index (χ2n) is 7.43. The summed E-state index contributed by atoms with van der Waals surface area (Å²) in [5.41, 5.74) is 11.3. The van der Waals surface area contributed by atoms with E-state index in [0.717, 1.165) is 17.1 Å². The predicted molar refractivity (Wildman–Crippen MR) is 123 cm³/mol. The van der Waals surface area contributed by atoms with E-state index >= 15 is 0 Å². The van der Waals surface area contributed by atoms with E-state index in [1.54, 1.807) is 0 Å². The summed E-state index contributed by atoms with van der Waals surface area (Å²) in [5.74, 6) is 0. The van der Waals surface area contributed by atoms with Crippen molar-refractivity contribution in [2.75, 3.05) is 0 Å². The predicted octanol–water partition coefficient (Wildman–Crippen LogP) is 6.60. The highest BCUT2D eigenvalue weighted by Gasteiger charge is 2.01. The summed E-state index contributed by atoms with van der Waals surface area (Å²) in [7, 11) is 1.97. The third kappa shape index (κ3) is 8.08. The molecular weight excluding hydrogens is 342 g/mol. The van der Waals surface area contributed by atoms with Crippen molar-refractivity contribution in [1.29, 1.82) is 0 Å². The molecule has 2 aromatic heterocycles. The summed E-state index contributed by atoms with van der Waals surface area (Å²) in [6.45, 7) is 18.7. The first kappa shape index (κ1) is 25.6. The molecule has 3 aromatic rings. The number of aromatic nitrogens is 3. The Bertz CT molecular complexity index is 816. The Kier molecular flexibility index (Phi) is 10.4. The van der Waals surface area contributed by atoms with Crippen molar-refractivity contribution in [1.82, 2.24) is 14.8 Å². The van der Waals surface area contributed by atoms with Gasteiger partial charge < -0.3 is 0 Å². The quantitative estimate of drug-likeness (QED) is 0.439. The van der Waals surface area contributed by atoms with Crippen LogP contribution in [0.2, 0.25) is 0 Å². The third-order valence-electron chi connectivity index (χ3n) is 4.76. The summed E-state index contributed by atoms with van der Waals surface area (Å²) >= 11 is 0. The lowest BCUT2D eigenvalue weighted by Gasteiger charge is -1.98. The minimum atomic E-state index is 0. The highest BCUT2D eigenvalue weighted by molar-refractivity contribution is 5.28. The summed E-state index contributed by atoms with van der Waals surface area (Å²) < 4.78 is 1.91. The van der Waals surface area contributed by atoms with E-state index in [-0.39, 0.29) is 7.43 Å². The van der Waals surface area contributed by atoms with Crippen LogP contribution in [-0.2, 0) is 7.05 Å². The second-order valence-corrected chi connectivity index (χ2v) is 7.43. The number of pyridine rings is 1. The maximum Gasteiger partial charge on any atom is 0.0625 e. The van der Waals surface area contributed by atoms with Gasteiger partial charge in [0.15, 0.2) is 0 Å². The molecule has 3 rings (SSSR count). The number of hydrogen-bond acceptors (Lipinski definition) is 2. The van der Waals surface area contributed by atoms with Gasteiger partial charge in [0, 0.05) is 24.1 Å². The second kappa shape index (κ2) is 11.4. The van der Waals surface area contributed by atoms with E-state index in [4.69, 9.17) is 0 Å². The van der Waals surface area contributed by atoms with Crippen LogP contribution in [0.15, 0.2) is 30.3 Å². The van der Waals surface area contributed by atoms with Crippen LogP contribution in [0.3, 0.4) is 0 Å². The summed E-state index contributed by atoms with van der Waals surface area (Å²) in [6.07, 6.45) is 0. The van der Waals surface area contributed by atoms with Crippen molar-refractivity contribution in [2.45, 2.75) is 69.7 Å². The van der Waals surface area contributed by atoms with Crippen LogP contribution in [0, 0.1) is 62.3 Å². The van der Waals surface area contributed by atoms with Crippen molar-refractivity contribution in [3.05, 3.63) is 80.9 Å². The smallest absolute Gasteiger partial charge is 0.0625 e. The lowest BCUT2D eigenvalue weighted by Crippen LogP contribution is -1.92. The molecular formula is C25H39N3. The van der Waals surface area contributed by atoms with E-state index in [1.807, 2.05) is 32.5 Å².